The molecule has 1 N–H and O–H groups in total. The number of nitrogens with zero attached hydrogens (tertiary/aromatic N) is 3. The van der Waals surface area contributed by atoms with Gasteiger partial charge in [0, 0.05) is 44.7 Å². The van der Waals surface area contributed by atoms with Gasteiger partial charge in [-0.2, -0.15) is 0 Å². The van der Waals surface area contributed by atoms with Crippen molar-refractivity contribution in [2.75, 3.05) is 52.3 Å². The van der Waals surface area contributed by atoms with Crippen LogP contribution in [-0.4, -0.2) is 63.4 Å². The molecule has 1 saturated heterocycles. The molecule has 1 fully saturated rings. The van der Waals surface area contributed by atoms with Gasteiger partial charge < -0.3 is 19.9 Å². The number of hydrogen-bond donors (Lipinski definition) is 1. The molecule has 5 nitrogen and oxygen atoms in total. The summed E-state index contributed by atoms with van der Waals surface area (Å²) in [5, 5.41) is 6.67. The van der Waals surface area contributed by atoms with Crippen LogP contribution in [-0.2, 0) is 11.3 Å². The largest absolute Gasteiger partial charge is 0.383 e. The molecule has 0 spiro atoms. The van der Waals surface area contributed by atoms with Crippen LogP contribution in [0.25, 0.3) is 0 Å². The standard InChI is InChI=1S/C14H26N4OS/c1-17(2)13-5-4-7-18(10-13)14-16-12(11-20-14)9-15-6-8-19-3/h11,13,15H,4-10H2,1-3H3. The molecular weight excluding hydrogens is 272 g/mol. The molecule has 1 atom stereocenters. The van der Waals surface area contributed by atoms with E-state index in [2.05, 4.69) is 34.6 Å². The van der Waals surface area contributed by atoms with E-state index in [4.69, 9.17) is 9.72 Å². The molecule has 20 heavy (non-hydrogen) atoms. The van der Waals surface area contributed by atoms with Gasteiger partial charge in [-0.25, -0.2) is 4.98 Å². The van der Waals surface area contributed by atoms with Crippen LogP contribution in [0.3, 0.4) is 0 Å². The van der Waals surface area contributed by atoms with E-state index < -0.39 is 0 Å². The van der Waals surface area contributed by atoms with Gasteiger partial charge in [-0.3, -0.25) is 0 Å². The molecule has 0 radical (unpaired) electrons. The summed E-state index contributed by atoms with van der Waals surface area (Å²) in [5.41, 5.74) is 1.13. The number of nitrogens with one attached hydrogen (secondary N) is 1. The highest BCUT2D eigenvalue weighted by molar-refractivity contribution is 7.13. The molecule has 1 aromatic rings. The number of hydrogen-bond acceptors (Lipinski definition) is 6. The van der Waals surface area contributed by atoms with Crippen molar-refractivity contribution in [3.8, 4) is 0 Å². The van der Waals surface area contributed by atoms with Gasteiger partial charge in [-0.1, -0.05) is 0 Å². The van der Waals surface area contributed by atoms with E-state index in [1.165, 1.54) is 18.0 Å². The highest BCUT2D eigenvalue weighted by atomic mass is 32.1. The van der Waals surface area contributed by atoms with Gasteiger partial charge in [0.25, 0.3) is 0 Å². The number of rotatable bonds is 7. The lowest BCUT2D eigenvalue weighted by Crippen LogP contribution is -2.45. The highest BCUT2D eigenvalue weighted by Gasteiger charge is 2.23. The second-order valence-electron chi connectivity index (χ2n) is 5.50. The van der Waals surface area contributed by atoms with Crippen molar-refractivity contribution in [3.05, 3.63) is 11.1 Å². The maximum Gasteiger partial charge on any atom is 0.185 e. The summed E-state index contributed by atoms with van der Waals surface area (Å²) in [7, 11) is 6.06. The molecule has 2 rings (SSSR count). The van der Waals surface area contributed by atoms with E-state index >= 15 is 0 Å². The Hall–Kier alpha value is -0.690. The predicted octanol–water partition coefficient (Wildman–Crippen LogP) is 1.41. The van der Waals surface area contributed by atoms with Gasteiger partial charge in [0.15, 0.2) is 5.13 Å². The van der Waals surface area contributed by atoms with Gasteiger partial charge in [-0.05, 0) is 26.9 Å². The summed E-state index contributed by atoms with van der Waals surface area (Å²) in [6.45, 7) is 4.67. The Morgan fingerprint density at radius 1 is 1.55 bits per heavy atom. The summed E-state index contributed by atoms with van der Waals surface area (Å²) < 4.78 is 5.02. The monoisotopic (exact) mass is 298 g/mol. The Labute approximate surface area is 125 Å². The van der Waals surface area contributed by atoms with Crippen LogP contribution in [0.2, 0.25) is 0 Å². The normalized spacial score (nSPS) is 19.8. The minimum atomic E-state index is 0.649. The van der Waals surface area contributed by atoms with Gasteiger partial charge >= 0.3 is 0 Å². The summed E-state index contributed by atoms with van der Waals surface area (Å²) in [5.74, 6) is 0. The molecule has 0 aromatic carbocycles. The average Bonchev–Trinajstić information content (AvgIpc) is 2.92. The Balaban J connectivity index is 1.84. The Morgan fingerprint density at radius 2 is 2.40 bits per heavy atom. The van der Waals surface area contributed by atoms with Crippen LogP contribution in [0.15, 0.2) is 5.38 Å². The summed E-state index contributed by atoms with van der Waals surface area (Å²) in [6, 6.07) is 0.649. The zero-order chi connectivity index (χ0) is 14.4. The fourth-order valence-corrected chi connectivity index (χ4v) is 3.33. The summed E-state index contributed by atoms with van der Waals surface area (Å²) in [4.78, 5) is 9.50. The molecule has 0 bridgehead atoms. The Kier molecular flexibility index (Phi) is 6.22. The lowest BCUT2D eigenvalue weighted by Gasteiger charge is -2.35. The van der Waals surface area contributed by atoms with Crippen LogP contribution < -0.4 is 10.2 Å². The van der Waals surface area contributed by atoms with Crippen molar-refractivity contribution < 1.29 is 4.74 Å². The first-order valence-corrected chi connectivity index (χ1v) is 8.14. The maximum absolute atomic E-state index is 5.02. The lowest BCUT2D eigenvalue weighted by atomic mass is 10.1. The zero-order valence-electron chi connectivity index (χ0n) is 12.8. The third-order valence-corrected chi connectivity index (χ3v) is 4.68. The smallest absolute Gasteiger partial charge is 0.185 e. The fourth-order valence-electron chi connectivity index (χ4n) is 2.46. The molecule has 6 heteroatoms. The molecule has 1 unspecified atom stereocenters. The van der Waals surface area contributed by atoms with E-state index in [-0.39, 0.29) is 0 Å². The van der Waals surface area contributed by atoms with Crippen molar-refractivity contribution in [2.24, 2.45) is 0 Å². The van der Waals surface area contributed by atoms with Crippen molar-refractivity contribution in [3.63, 3.8) is 0 Å². The number of piperidine rings is 1. The molecule has 1 aliphatic heterocycles. The van der Waals surface area contributed by atoms with Crippen LogP contribution in [0.4, 0.5) is 5.13 Å². The average molecular weight is 298 g/mol. The first-order valence-electron chi connectivity index (χ1n) is 7.26. The van der Waals surface area contributed by atoms with Gasteiger partial charge in [0.1, 0.15) is 0 Å². The first-order chi connectivity index (χ1) is 9.70. The van der Waals surface area contributed by atoms with Crippen molar-refractivity contribution >= 4 is 16.5 Å². The number of ether oxygens (including phenoxy) is 1. The minimum absolute atomic E-state index is 0.649. The predicted molar refractivity (Wildman–Crippen MR) is 84.6 cm³/mol. The topological polar surface area (TPSA) is 40.6 Å². The minimum Gasteiger partial charge on any atom is -0.383 e. The molecule has 0 amide bonds. The van der Waals surface area contributed by atoms with Crippen LogP contribution in [0, 0.1) is 0 Å². The summed E-state index contributed by atoms with van der Waals surface area (Å²) >= 11 is 1.76. The molecular formula is C14H26N4OS. The van der Waals surface area contributed by atoms with Crippen molar-refractivity contribution in [1.29, 1.82) is 0 Å². The van der Waals surface area contributed by atoms with E-state index in [9.17, 15) is 0 Å². The van der Waals surface area contributed by atoms with E-state index in [1.54, 1.807) is 18.4 Å². The third-order valence-electron chi connectivity index (χ3n) is 3.73. The van der Waals surface area contributed by atoms with Crippen LogP contribution in [0.5, 0.6) is 0 Å². The second-order valence-corrected chi connectivity index (χ2v) is 6.33. The number of aromatic nitrogens is 1. The van der Waals surface area contributed by atoms with E-state index in [0.717, 1.165) is 38.5 Å². The zero-order valence-corrected chi connectivity index (χ0v) is 13.6. The first kappa shape index (κ1) is 15.7. The number of thiazole rings is 1. The SMILES string of the molecule is COCCNCc1csc(N2CCCC(N(C)C)C2)n1. The number of anilines is 1. The Morgan fingerprint density at radius 3 is 3.15 bits per heavy atom. The van der Waals surface area contributed by atoms with Gasteiger partial charge in [-0.15, -0.1) is 11.3 Å². The summed E-state index contributed by atoms with van der Waals surface area (Å²) in [6.07, 6.45) is 2.55. The van der Waals surface area contributed by atoms with Gasteiger partial charge in [0.05, 0.1) is 12.3 Å². The van der Waals surface area contributed by atoms with Crippen molar-refractivity contribution in [1.82, 2.24) is 15.2 Å². The maximum atomic E-state index is 5.02. The molecule has 2 heterocycles. The quantitative estimate of drug-likeness (QED) is 0.771. The lowest BCUT2D eigenvalue weighted by molar-refractivity contribution is 0.199. The third kappa shape index (κ3) is 4.41. The highest BCUT2D eigenvalue weighted by Crippen LogP contribution is 2.25. The molecule has 114 valence electrons. The molecule has 1 aliphatic rings. The molecule has 0 saturated carbocycles. The van der Waals surface area contributed by atoms with E-state index in [1.807, 2.05) is 0 Å². The van der Waals surface area contributed by atoms with Gasteiger partial charge in [0.2, 0.25) is 0 Å². The number of methoxy groups -OCH3 is 1. The number of likely N-dealkylation sites (N-methyl/N-ethyl adjacent to an activating group) is 1. The second kappa shape index (κ2) is 7.93. The Bertz CT molecular complexity index is 396. The molecule has 1 aromatic heterocycles. The van der Waals surface area contributed by atoms with Crippen molar-refractivity contribution in [2.45, 2.75) is 25.4 Å². The van der Waals surface area contributed by atoms with E-state index in [0.29, 0.717) is 6.04 Å². The molecule has 0 aliphatic carbocycles. The van der Waals surface area contributed by atoms with Crippen LogP contribution >= 0.6 is 11.3 Å². The van der Waals surface area contributed by atoms with Crippen LogP contribution in [0.1, 0.15) is 18.5 Å². The fraction of sp³-hybridized carbons (Fsp3) is 0.786.